The van der Waals surface area contributed by atoms with Crippen LogP contribution < -0.4 is 4.74 Å². The van der Waals surface area contributed by atoms with Crippen molar-refractivity contribution in [2.24, 2.45) is 0 Å². The Labute approximate surface area is 117 Å². The van der Waals surface area contributed by atoms with E-state index in [1.54, 1.807) is 18.2 Å². The minimum absolute atomic E-state index is 0.267. The van der Waals surface area contributed by atoms with Crippen LogP contribution in [0, 0.1) is 5.82 Å². The quantitative estimate of drug-likeness (QED) is 0.735. The van der Waals surface area contributed by atoms with Crippen LogP contribution in [-0.2, 0) is 6.42 Å². The predicted molar refractivity (Wildman–Crippen MR) is 74.4 cm³/mol. The minimum Gasteiger partial charge on any atom is -0.493 e. The van der Waals surface area contributed by atoms with Crippen molar-refractivity contribution in [1.29, 1.82) is 0 Å². The zero-order valence-electron chi connectivity index (χ0n) is 10.4. The number of aryl methyl sites for hydroxylation is 1. The third-order valence-electron chi connectivity index (χ3n) is 3.40. The lowest BCUT2D eigenvalue weighted by atomic mass is 9.98. The molecule has 0 spiro atoms. The number of ether oxygens (including phenoxy) is 1. The Hall–Kier alpha value is -1.54. The van der Waals surface area contributed by atoms with Crippen molar-refractivity contribution in [2.45, 2.75) is 18.2 Å². The summed E-state index contributed by atoms with van der Waals surface area (Å²) in [6, 6.07) is 12.5. The van der Waals surface area contributed by atoms with Gasteiger partial charge >= 0.3 is 0 Å². The smallest absolute Gasteiger partial charge is 0.128 e. The third-order valence-corrected chi connectivity index (χ3v) is 3.89. The molecule has 3 heteroatoms. The van der Waals surface area contributed by atoms with Crippen LogP contribution in [0.15, 0.2) is 42.5 Å². The van der Waals surface area contributed by atoms with Gasteiger partial charge in [0.2, 0.25) is 0 Å². The van der Waals surface area contributed by atoms with E-state index in [4.69, 9.17) is 16.3 Å². The molecule has 1 aliphatic heterocycles. The van der Waals surface area contributed by atoms with Crippen LogP contribution in [0.5, 0.6) is 5.75 Å². The van der Waals surface area contributed by atoms with E-state index in [9.17, 15) is 4.39 Å². The minimum atomic E-state index is -0.464. The maximum Gasteiger partial charge on any atom is 0.128 e. The largest absolute Gasteiger partial charge is 0.493 e. The number of fused-ring (bicyclic) bond motifs is 1. The number of benzene rings is 2. The summed E-state index contributed by atoms with van der Waals surface area (Å²) in [7, 11) is 0. The molecule has 1 heterocycles. The lowest BCUT2D eigenvalue weighted by Crippen LogP contribution is -2.09. The summed E-state index contributed by atoms with van der Waals surface area (Å²) in [6.45, 7) is 0.768. The number of hydrogen-bond acceptors (Lipinski definition) is 1. The van der Waals surface area contributed by atoms with Crippen LogP contribution in [0.4, 0.5) is 4.39 Å². The topological polar surface area (TPSA) is 9.23 Å². The van der Waals surface area contributed by atoms with Gasteiger partial charge in [-0.05, 0) is 36.1 Å². The molecule has 0 fully saturated rings. The molecule has 0 N–H and O–H groups in total. The molecule has 1 nitrogen and oxygen atoms in total. The fraction of sp³-hybridized carbons (Fsp3) is 0.250. The summed E-state index contributed by atoms with van der Waals surface area (Å²) in [4.78, 5) is 0. The first kappa shape index (κ1) is 12.5. The van der Waals surface area contributed by atoms with Gasteiger partial charge < -0.3 is 4.74 Å². The normalized spacial score (nSPS) is 15.5. The van der Waals surface area contributed by atoms with Gasteiger partial charge in [0.1, 0.15) is 11.6 Å². The van der Waals surface area contributed by atoms with Crippen LogP contribution in [0.25, 0.3) is 0 Å². The van der Waals surface area contributed by atoms with E-state index in [1.807, 2.05) is 18.2 Å². The molecular weight excluding hydrogens is 263 g/mol. The predicted octanol–water partition coefficient (Wildman–Crippen LogP) is 4.48. The Morgan fingerprint density at radius 2 is 2.00 bits per heavy atom. The second-order valence-corrected chi connectivity index (χ2v) is 5.14. The first-order valence-electron chi connectivity index (χ1n) is 6.40. The van der Waals surface area contributed by atoms with Crippen LogP contribution >= 0.6 is 11.6 Å². The average molecular weight is 277 g/mol. The maximum atomic E-state index is 13.8. The SMILES string of the molecule is Fc1ccccc1C(Cl)c1ccc2c(c1)CCCO2. The van der Waals surface area contributed by atoms with Gasteiger partial charge in [-0.15, -0.1) is 11.6 Å². The van der Waals surface area contributed by atoms with E-state index in [0.717, 1.165) is 36.3 Å². The molecule has 1 atom stereocenters. The van der Waals surface area contributed by atoms with Crippen molar-refractivity contribution >= 4 is 11.6 Å². The van der Waals surface area contributed by atoms with Crippen molar-refractivity contribution < 1.29 is 9.13 Å². The molecule has 0 radical (unpaired) electrons. The van der Waals surface area contributed by atoms with E-state index in [2.05, 4.69) is 0 Å². The maximum absolute atomic E-state index is 13.8. The van der Waals surface area contributed by atoms with Crippen LogP contribution in [-0.4, -0.2) is 6.61 Å². The number of alkyl halides is 1. The molecule has 19 heavy (non-hydrogen) atoms. The third kappa shape index (κ3) is 2.45. The summed E-state index contributed by atoms with van der Waals surface area (Å²) in [6.07, 6.45) is 2.01. The standard InChI is InChI=1S/C16H14ClFO/c17-16(13-5-1-2-6-14(13)18)12-7-8-15-11(10-12)4-3-9-19-15/h1-2,5-8,10,16H,3-4,9H2. The molecule has 0 bridgehead atoms. The molecule has 0 aliphatic carbocycles. The van der Waals surface area contributed by atoms with Crippen LogP contribution in [0.2, 0.25) is 0 Å². The molecule has 1 aliphatic rings. The Kier molecular flexibility index (Phi) is 3.43. The molecule has 1 unspecified atom stereocenters. The summed E-state index contributed by atoms with van der Waals surface area (Å²) in [5, 5.41) is -0.464. The molecule has 0 aromatic heterocycles. The zero-order chi connectivity index (χ0) is 13.2. The van der Waals surface area contributed by atoms with Gasteiger partial charge in [-0.2, -0.15) is 0 Å². The Morgan fingerprint density at radius 1 is 1.16 bits per heavy atom. The average Bonchev–Trinajstić information content (AvgIpc) is 2.46. The fourth-order valence-electron chi connectivity index (χ4n) is 2.40. The fourth-order valence-corrected chi connectivity index (χ4v) is 2.71. The lowest BCUT2D eigenvalue weighted by Gasteiger charge is -2.19. The van der Waals surface area contributed by atoms with E-state index in [1.165, 1.54) is 6.07 Å². The van der Waals surface area contributed by atoms with Crippen molar-refractivity contribution in [1.82, 2.24) is 0 Å². The molecule has 0 amide bonds. The first-order valence-corrected chi connectivity index (χ1v) is 6.83. The van der Waals surface area contributed by atoms with Gasteiger partial charge in [0.25, 0.3) is 0 Å². The van der Waals surface area contributed by atoms with E-state index >= 15 is 0 Å². The van der Waals surface area contributed by atoms with Crippen molar-refractivity contribution in [2.75, 3.05) is 6.61 Å². The Balaban J connectivity index is 1.96. The monoisotopic (exact) mass is 276 g/mol. The molecule has 98 valence electrons. The molecule has 3 rings (SSSR count). The van der Waals surface area contributed by atoms with Crippen LogP contribution in [0.1, 0.15) is 28.5 Å². The van der Waals surface area contributed by atoms with Gasteiger partial charge in [0.05, 0.1) is 12.0 Å². The summed E-state index contributed by atoms with van der Waals surface area (Å²) < 4.78 is 19.3. The van der Waals surface area contributed by atoms with Crippen molar-refractivity contribution in [3.8, 4) is 5.75 Å². The van der Waals surface area contributed by atoms with Gasteiger partial charge in [-0.3, -0.25) is 0 Å². The number of halogens is 2. The lowest BCUT2D eigenvalue weighted by molar-refractivity contribution is 0.288. The molecule has 0 saturated carbocycles. The van der Waals surface area contributed by atoms with Gasteiger partial charge in [-0.1, -0.05) is 30.3 Å². The summed E-state index contributed by atoms with van der Waals surface area (Å²) in [5.41, 5.74) is 2.59. The van der Waals surface area contributed by atoms with E-state index in [-0.39, 0.29) is 5.82 Å². The summed E-state index contributed by atoms with van der Waals surface area (Å²) in [5.74, 6) is 0.656. The molecule has 0 saturated heterocycles. The van der Waals surface area contributed by atoms with Crippen molar-refractivity contribution in [3.63, 3.8) is 0 Å². The van der Waals surface area contributed by atoms with Gasteiger partial charge in [-0.25, -0.2) is 4.39 Å². The molecule has 2 aromatic rings. The highest BCUT2D eigenvalue weighted by molar-refractivity contribution is 6.22. The Morgan fingerprint density at radius 3 is 2.84 bits per heavy atom. The van der Waals surface area contributed by atoms with Crippen LogP contribution in [0.3, 0.4) is 0 Å². The van der Waals surface area contributed by atoms with Gasteiger partial charge in [0, 0.05) is 5.56 Å². The second-order valence-electron chi connectivity index (χ2n) is 4.70. The number of rotatable bonds is 2. The highest BCUT2D eigenvalue weighted by atomic mass is 35.5. The van der Waals surface area contributed by atoms with E-state index < -0.39 is 5.38 Å². The highest BCUT2D eigenvalue weighted by Crippen LogP contribution is 2.34. The van der Waals surface area contributed by atoms with Crippen molar-refractivity contribution in [3.05, 3.63) is 65.0 Å². The number of hydrogen-bond donors (Lipinski definition) is 0. The highest BCUT2D eigenvalue weighted by Gasteiger charge is 2.17. The van der Waals surface area contributed by atoms with E-state index in [0.29, 0.717) is 5.56 Å². The molecular formula is C16H14ClFO. The second kappa shape index (κ2) is 5.22. The first-order chi connectivity index (χ1) is 9.25. The summed E-state index contributed by atoms with van der Waals surface area (Å²) >= 11 is 6.40. The molecule has 2 aromatic carbocycles. The van der Waals surface area contributed by atoms with Gasteiger partial charge in [0.15, 0.2) is 0 Å². The Bertz CT molecular complexity index is 597. The zero-order valence-corrected chi connectivity index (χ0v) is 11.2.